The van der Waals surface area contributed by atoms with Gasteiger partial charge in [-0.25, -0.2) is 38.1 Å². The minimum Gasteiger partial charge on any atom is -0.298 e. The molecule has 0 aliphatic heterocycles. The highest BCUT2D eigenvalue weighted by molar-refractivity contribution is 5.91. The van der Waals surface area contributed by atoms with Crippen molar-refractivity contribution in [2.45, 2.75) is 38.8 Å². The third kappa shape index (κ3) is 5.14. The molecule has 6 aromatic heterocycles. The van der Waals surface area contributed by atoms with Crippen LogP contribution in [0.2, 0.25) is 0 Å². The Bertz CT molecular complexity index is 2360. The van der Waals surface area contributed by atoms with E-state index in [1.807, 2.05) is 12.1 Å². The number of hydrogen-bond donors (Lipinski definition) is 0. The van der Waals surface area contributed by atoms with Gasteiger partial charge in [0.15, 0.2) is 11.3 Å². The summed E-state index contributed by atoms with van der Waals surface area (Å²) in [6, 6.07) is 13.5. The lowest BCUT2D eigenvalue weighted by Crippen LogP contribution is -2.19. The van der Waals surface area contributed by atoms with Crippen LogP contribution in [0, 0.1) is 11.6 Å². The van der Waals surface area contributed by atoms with Crippen LogP contribution >= 0.6 is 0 Å². The van der Waals surface area contributed by atoms with E-state index in [4.69, 9.17) is 0 Å². The average Bonchev–Trinajstić information content (AvgIpc) is 3.70. The van der Waals surface area contributed by atoms with Crippen molar-refractivity contribution >= 4 is 50.2 Å². The molecule has 2 aromatic carbocycles. The molecule has 13 nitrogen and oxygen atoms in total. The fourth-order valence-corrected chi connectivity index (χ4v) is 5.68. The lowest BCUT2D eigenvalue weighted by molar-refractivity contribution is -0.121. The summed E-state index contributed by atoms with van der Waals surface area (Å²) in [5, 5.41) is 18.0. The second kappa shape index (κ2) is 11.5. The molecule has 2 unspecified atom stereocenters. The van der Waals surface area contributed by atoms with Gasteiger partial charge < -0.3 is 0 Å². The first-order valence-electron chi connectivity index (χ1n) is 15.0. The Hall–Kier alpha value is -6.25. The molecule has 15 heteroatoms. The average molecular weight is 643 g/mol. The zero-order valence-electron chi connectivity index (χ0n) is 25.5. The van der Waals surface area contributed by atoms with Gasteiger partial charge in [0, 0.05) is 46.4 Å². The molecule has 236 valence electrons. The Labute approximate surface area is 269 Å². The highest BCUT2D eigenvalue weighted by Crippen LogP contribution is 2.26. The number of aromatic nitrogens is 12. The van der Waals surface area contributed by atoms with E-state index in [1.54, 1.807) is 50.5 Å². The normalized spacial score (nSPS) is 13.1. The van der Waals surface area contributed by atoms with E-state index in [0.717, 1.165) is 10.8 Å². The van der Waals surface area contributed by atoms with E-state index in [-0.39, 0.29) is 30.2 Å². The zero-order valence-corrected chi connectivity index (χ0v) is 25.5. The summed E-state index contributed by atoms with van der Waals surface area (Å²) in [5.74, 6) is -2.42. The van der Waals surface area contributed by atoms with Gasteiger partial charge in [0.05, 0.1) is 59.7 Å². The molecule has 0 radical (unpaired) electrons. The summed E-state index contributed by atoms with van der Waals surface area (Å²) in [6.07, 6.45) is 6.19. The van der Waals surface area contributed by atoms with Gasteiger partial charge in [0.25, 0.3) is 0 Å². The van der Waals surface area contributed by atoms with E-state index in [9.17, 15) is 13.6 Å². The zero-order chi connectivity index (χ0) is 32.9. The Morgan fingerprint density at radius 1 is 0.688 bits per heavy atom. The van der Waals surface area contributed by atoms with Crippen LogP contribution in [0.4, 0.5) is 8.78 Å². The molecule has 0 amide bonds. The van der Waals surface area contributed by atoms with Crippen molar-refractivity contribution in [1.82, 2.24) is 59.9 Å². The van der Waals surface area contributed by atoms with Gasteiger partial charge >= 0.3 is 0 Å². The molecule has 0 aliphatic carbocycles. The second-order valence-corrected chi connectivity index (χ2v) is 11.5. The Kier molecular flexibility index (Phi) is 7.00. The first-order chi connectivity index (χ1) is 23.3. The topological polar surface area (TPSA) is 156 Å². The van der Waals surface area contributed by atoms with Crippen LogP contribution in [0.5, 0.6) is 0 Å². The van der Waals surface area contributed by atoms with Gasteiger partial charge in [-0.2, -0.15) is 0 Å². The molecular weight excluding hydrogens is 618 g/mol. The summed E-state index contributed by atoms with van der Waals surface area (Å²) >= 11 is 0. The molecule has 6 heterocycles. The molecule has 0 saturated carbocycles. The summed E-state index contributed by atoms with van der Waals surface area (Å²) in [5.41, 5.74) is 3.83. The molecule has 0 N–H and O–H groups in total. The van der Waals surface area contributed by atoms with Crippen LogP contribution in [0.1, 0.15) is 48.2 Å². The minimum absolute atomic E-state index is 0.0569. The Balaban J connectivity index is 1.05. The van der Waals surface area contributed by atoms with Crippen LogP contribution in [-0.4, -0.2) is 65.7 Å². The van der Waals surface area contributed by atoms with E-state index in [2.05, 4.69) is 50.5 Å². The summed E-state index contributed by atoms with van der Waals surface area (Å²) in [6.45, 7) is 3.57. The number of carbonyl (C=O) groups is 1. The number of hydrogen-bond acceptors (Lipinski definition) is 11. The van der Waals surface area contributed by atoms with Gasteiger partial charge in [-0.3, -0.25) is 14.8 Å². The van der Waals surface area contributed by atoms with Gasteiger partial charge in [-0.1, -0.05) is 22.6 Å². The number of rotatable bonds is 8. The van der Waals surface area contributed by atoms with Crippen LogP contribution in [0.15, 0.2) is 73.3 Å². The molecule has 0 aliphatic rings. The maximum Gasteiger partial charge on any atom is 0.221 e. The largest absolute Gasteiger partial charge is 0.298 e. The number of halogens is 2. The predicted molar refractivity (Wildman–Crippen MR) is 170 cm³/mol. The maximum absolute atomic E-state index is 14.9. The van der Waals surface area contributed by atoms with Crippen molar-refractivity contribution in [3.05, 3.63) is 107 Å². The lowest BCUT2D eigenvalue weighted by Gasteiger charge is -2.15. The molecule has 0 bridgehead atoms. The fraction of sp³-hybridized carbons (Fsp3) is 0.182. The maximum atomic E-state index is 14.9. The number of pyridine rings is 2. The van der Waals surface area contributed by atoms with Gasteiger partial charge in [0.2, 0.25) is 11.3 Å². The number of carbonyl (C=O) groups excluding carboxylic acids is 1. The number of fused-ring (bicyclic) bond motifs is 4. The van der Waals surface area contributed by atoms with Crippen LogP contribution in [-0.2, 0) is 17.9 Å². The van der Waals surface area contributed by atoms with E-state index in [0.29, 0.717) is 44.8 Å². The molecular formula is C33H24F2N12O. The highest BCUT2D eigenvalue weighted by atomic mass is 19.1. The van der Waals surface area contributed by atoms with Crippen molar-refractivity contribution in [2.75, 3.05) is 0 Å². The van der Waals surface area contributed by atoms with E-state index in [1.165, 1.54) is 33.9 Å². The van der Waals surface area contributed by atoms with Crippen molar-refractivity contribution in [3.8, 4) is 0 Å². The van der Waals surface area contributed by atoms with Gasteiger partial charge in [-0.05, 0) is 38.1 Å². The quantitative estimate of drug-likeness (QED) is 0.226. The third-order valence-electron chi connectivity index (χ3n) is 8.42. The molecule has 0 spiro atoms. The fourth-order valence-electron chi connectivity index (χ4n) is 5.68. The van der Waals surface area contributed by atoms with Crippen LogP contribution < -0.4 is 0 Å². The lowest BCUT2D eigenvalue weighted by atomic mass is 9.91. The second-order valence-electron chi connectivity index (χ2n) is 11.5. The molecule has 0 fully saturated rings. The third-order valence-corrected chi connectivity index (χ3v) is 8.42. The summed E-state index contributed by atoms with van der Waals surface area (Å²) in [7, 11) is 0. The molecule has 0 saturated heterocycles. The molecule has 2 atom stereocenters. The highest BCUT2D eigenvalue weighted by Gasteiger charge is 2.27. The van der Waals surface area contributed by atoms with Crippen LogP contribution in [0.25, 0.3) is 44.4 Å². The number of ketones is 1. The van der Waals surface area contributed by atoms with Crippen molar-refractivity contribution in [1.29, 1.82) is 0 Å². The van der Waals surface area contributed by atoms with E-state index < -0.39 is 23.5 Å². The number of Topliss-reactive ketones (excluding diaryl/α,β-unsaturated/α-hetero) is 1. The van der Waals surface area contributed by atoms with Crippen LogP contribution in [0.3, 0.4) is 0 Å². The predicted octanol–water partition coefficient (Wildman–Crippen LogP) is 4.70. The number of nitrogens with zero attached hydrogens (tertiary/aromatic N) is 12. The standard InChI is InChI=1S/C33H24F2N12O/c1-17(27-13-38-30-32(40-27)46(44-42-30)15-21-9-19-5-3-7-36-25(19)11-23(21)34)29(48)18(2)28-14-39-31-33(41-28)47(45-43-31)16-22-10-20-6-4-8-37-26(20)12-24(22)35/h3-14,17-18H,15-16H2,1-2H3. The smallest absolute Gasteiger partial charge is 0.221 e. The SMILES string of the molecule is CC(C(=O)C(C)c1cnc2nnn(Cc3cc4cccnc4cc3F)c2n1)c1cnc2nnn(Cc3cc4cccnc4cc3F)c2n1. The van der Waals surface area contributed by atoms with Crippen molar-refractivity contribution < 1.29 is 13.6 Å². The van der Waals surface area contributed by atoms with Gasteiger partial charge in [0.1, 0.15) is 17.4 Å². The molecule has 8 rings (SSSR count). The Morgan fingerprint density at radius 3 is 1.60 bits per heavy atom. The molecule has 48 heavy (non-hydrogen) atoms. The van der Waals surface area contributed by atoms with E-state index >= 15 is 0 Å². The summed E-state index contributed by atoms with van der Waals surface area (Å²) in [4.78, 5) is 40.2. The Morgan fingerprint density at radius 2 is 1.15 bits per heavy atom. The van der Waals surface area contributed by atoms with Crippen molar-refractivity contribution in [2.24, 2.45) is 0 Å². The van der Waals surface area contributed by atoms with Gasteiger partial charge in [-0.15, -0.1) is 10.2 Å². The first-order valence-corrected chi connectivity index (χ1v) is 15.0. The number of benzene rings is 2. The monoisotopic (exact) mass is 642 g/mol. The molecule has 8 aromatic rings. The van der Waals surface area contributed by atoms with Crippen molar-refractivity contribution in [3.63, 3.8) is 0 Å². The summed E-state index contributed by atoms with van der Waals surface area (Å²) < 4.78 is 32.8. The first kappa shape index (κ1) is 29.2. The minimum atomic E-state index is -0.690.